The predicted octanol–water partition coefficient (Wildman–Crippen LogP) is 5.44. The Morgan fingerprint density at radius 2 is 1.65 bits per heavy atom. The number of amides is 3. The van der Waals surface area contributed by atoms with Gasteiger partial charge in [0.2, 0.25) is 5.91 Å². The van der Waals surface area contributed by atoms with Crippen molar-refractivity contribution in [1.29, 1.82) is 0 Å². The normalized spacial score (nSPS) is 12.8. The first-order valence-corrected chi connectivity index (χ1v) is 12.9. The quantitative estimate of drug-likeness (QED) is 0.301. The highest BCUT2D eigenvalue weighted by atomic mass is 32.1. The van der Waals surface area contributed by atoms with Gasteiger partial charge in [0.25, 0.3) is 5.91 Å². The van der Waals surface area contributed by atoms with Gasteiger partial charge in [0.15, 0.2) is 0 Å². The number of aryl methyl sites for hydroxylation is 4. The zero-order chi connectivity index (χ0) is 27.9. The van der Waals surface area contributed by atoms with Crippen molar-refractivity contribution >= 4 is 36.2 Å². The van der Waals surface area contributed by atoms with E-state index in [-0.39, 0.29) is 18.2 Å². The molecule has 2 unspecified atom stereocenters. The van der Waals surface area contributed by atoms with Crippen molar-refractivity contribution in [2.24, 2.45) is 0 Å². The summed E-state index contributed by atoms with van der Waals surface area (Å²) in [5.74, 6) is -0.823. The predicted molar refractivity (Wildman–Crippen MR) is 152 cm³/mol. The van der Waals surface area contributed by atoms with E-state index in [1.54, 1.807) is 26.8 Å². The zero-order valence-corrected chi connectivity index (χ0v) is 23.7. The van der Waals surface area contributed by atoms with E-state index in [2.05, 4.69) is 29.8 Å². The average Bonchev–Trinajstić information content (AvgIpc) is 2.80. The third-order valence-corrected chi connectivity index (χ3v) is 6.28. The summed E-state index contributed by atoms with van der Waals surface area (Å²) in [6, 6.07) is 9.45. The van der Waals surface area contributed by atoms with Crippen LogP contribution in [-0.4, -0.2) is 46.7 Å². The lowest BCUT2D eigenvalue weighted by molar-refractivity contribution is -0.139. The maximum Gasteiger partial charge on any atom is 0.408 e. The molecular formula is C29H39N3O4S. The van der Waals surface area contributed by atoms with E-state index in [9.17, 15) is 14.4 Å². The Kier molecular flexibility index (Phi) is 10.4. The lowest BCUT2D eigenvalue weighted by atomic mass is 9.98. The van der Waals surface area contributed by atoms with Crippen LogP contribution in [0.15, 0.2) is 49.1 Å². The molecule has 0 radical (unpaired) electrons. The number of alkyl carbamates (subject to hydrolysis) is 1. The molecule has 0 aliphatic heterocycles. The van der Waals surface area contributed by atoms with Gasteiger partial charge in [0.05, 0.1) is 0 Å². The maximum atomic E-state index is 13.9. The minimum atomic E-state index is -1.01. The summed E-state index contributed by atoms with van der Waals surface area (Å²) in [5, 5.41) is 5.64. The van der Waals surface area contributed by atoms with Crippen molar-refractivity contribution in [3.63, 3.8) is 0 Å². The number of rotatable bonds is 9. The van der Waals surface area contributed by atoms with Crippen molar-refractivity contribution in [2.75, 3.05) is 17.6 Å². The third kappa shape index (κ3) is 8.12. The summed E-state index contributed by atoms with van der Waals surface area (Å²) in [5.41, 5.74) is 4.50. The van der Waals surface area contributed by atoms with Gasteiger partial charge < -0.3 is 20.3 Å². The summed E-state index contributed by atoms with van der Waals surface area (Å²) in [6.45, 7) is 16.9. The van der Waals surface area contributed by atoms with Gasteiger partial charge in [-0.25, -0.2) is 4.79 Å². The lowest BCUT2D eigenvalue weighted by Gasteiger charge is -2.34. The van der Waals surface area contributed by atoms with Crippen molar-refractivity contribution in [3.05, 3.63) is 76.9 Å². The highest BCUT2D eigenvalue weighted by Gasteiger charge is 2.35. The second-order valence-corrected chi connectivity index (χ2v) is 10.5. The Morgan fingerprint density at radius 1 is 1.03 bits per heavy atom. The van der Waals surface area contributed by atoms with Crippen LogP contribution in [0.1, 0.15) is 54.6 Å². The number of thiol groups is 1. The summed E-state index contributed by atoms with van der Waals surface area (Å²) in [7, 11) is 0. The topological polar surface area (TPSA) is 87.7 Å². The van der Waals surface area contributed by atoms with Crippen LogP contribution in [0.5, 0.6) is 0 Å². The van der Waals surface area contributed by atoms with Crippen LogP contribution in [0.3, 0.4) is 0 Å². The summed E-state index contributed by atoms with van der Waals surface area (Å²) in [6.07, 6.45) is 0.822. The van der Waals surface area contributed by atoms with Gasteiger partial charge >= 0.3 is 6.09 Å². The van der Waals surface area contributed by atoms with E-state index in [4.69, 9.17) is 4.74 Å². The largest absolute Gasteiger partial charge is 0.444 e. The molecule has 2 N–H and O–H groups in total. The van der Waals surface area contributed by atoms with Gasteiger partial charge in [-0.15, -0.1) is 6.58 Å². The third-order valence-electron chi connectivity index (χ3n) is 5.92. The second kappa shape index (κ2) is 12.8. The minimum Gasteiger partial charge on any atom is -0.444 e. The summed E-state index contributed by atoms with van der Waals surface area (Å²) in [4.78, 5) is 41.5. The standard InChI is InChI=1S/C29H39N3O4S/c1-9-15-32(27(34)23(17-37)30-28(35)36-29(6,7)8)25(22-14-13-18(2)21(5)16-22)26(33)31-24-19(3)11-10-12-20(24)4/h9-14,16,23,25,37H,1,15,17H2,2-8H3,(H,30,35)(H,31,33). The molecule has 3 amide bonds. The average molecular weight is 526 g/mol. The van der Waals surface area contributed by atoms with Crippen LogP contribution in [0.2, 0.25) is 0 Å². The van der Waals surface area contributed by atoms with Crippen molar-refractivity contribution in [2.45, 2.75) is 66.2 Å². The van der Waals surface area contributed by atoms with Crippen LogP contribution in [0, 0.1) is 27.7 Å². The monoisotopic (exact) mass is 525 g/mol. The Balaban J connectivity index is 2.53. The lowest BCUT2D eigenvalue weighted by Crippen LogP contribution is -2.53. The van der Waals surface area contributed by atoms with E-state index in [0.717, 1.165) is 22.3 Å². The molecule has 0 saturated carbocycles. The van der Waals surface area contributed by atoms with Crippen LogP contribution < -0.4 is 10.6 Å². The van der Waals surface area contributed by atoms with Gasteiger partial charge in [-0.05, 0) is 76.3 Å². The fourth-order valence-corrected chi connectivity index (χ4v) is 4.16. The first-order valence-electron chi connectivity index (χ1n) is 12.2. The minimum absolute atomic E-state index is 0.0177. The fraction of sp³-hybridized carbons (Fsp3) is 0.414. The second-order valence-electron chi connectivity index (χ2n) is 10.2. The summed E-state index contributed by atoms with van der Waals surface area (Å²) < 4.78 is 5.33. The first kappa shape index (κ1) is 30.0. The molecule has 0 heterocycles. The molecule has 2 aromatic carbocycles. The molecule has 0 aliphatic rings. The van der Waals surface area contributed by atoms with Gasteiger partial charge in [-0.1, -0.05) is 42.5 Å². The maximum absolute atomic E-state index is 13.9. The molecule has 7 nitrogen and oxygen atoms in total. The van der Waals surface area contributed by atoms with Crippen molar-refractivity contribution in [3.8, 4) is 0 Å². The van der Waals surface area contributed by atoms with Crippen LogP contribution in [0.4, 0.5) is 10.5 Å². The zero-order valence-electron chi connectivity index (χ0n) is 22.8. The van der Waals surface area contributed by atoms with Gasteiger partial charge in [0, 0.05) is 18.0 Å². The smallest absolute Gasteiger partial charge is 0.408 e. The molecule has 8 heteroatoms. The highest BCUT2D eigenvalue weighted by Crippen LogP contribution is 2.28. The van der Waals surface area contributed by atoms with Crippen molar-refractivity contribution < 1.29 is 19.1 Å². The molecule has 2 rings (SSSR count). The molecule has 200 valence electrons. The van der Waals surface area contributed by atoms with Crippen LogP contribution in [-0.2, 0) is 14.3 Å². The van der Waals surface area contributed by atoms with Gasteiger partial charge in [-0.2, -0.15) is 12.6 Å². The molecule has 0 saturated heterocycles. The molecule has 37 heavy (non-hydrogen) atoms. The van der Waals surface area contributed by atoms with E-state index in [1.807, 2.05) is 64.1 Å². The number of nitrogens with zero attached hydrogens (tertiary/aromatic N) is 1. The SMILES string of the molecule is C=CCN(C(=O)C(CS)NC(=O)OC(C)(C)C)C(C(=O)Nc1c(C)cccc1C)c1ccc(C)c(C)c1. The van der Waals surface area contributed by atoms with E-state index in [1.165, 1.54) is 4.90 Å². The van der Waals surface area contributed by atoms with E-state index >= 15 is 0 Å². The Morgan fingerprint density at radius 3 is 2.16 bits per heavy atom. The number of carbonyl (C=O) groups excluding carboxylic acids is 3. The molecule has 2 aromatic rings. The highest BCUT2D eigenvalue weighted by molar-refractivity contribution is 7.80. The molecule has 0 aromatic heterocycles. The first-order chi connectivity index (χ1) is 17.3. The Bertz CT molecular complexity index is 1140. The number of ether oxygens (including phenoxy) is 1. The van der Waals surface area contributed by atoms with E-state index < -0.39 is 29.7 Å². The number of hydrogen-bond donors (Lipinski definition) is 3. The molecule has 0 aliphatic carbocycles. The number of anilines is 1. The van der Waals surface area contributed by atoms with Crippen LogP contribution in [0.25, 0.3) is 0 Å². The summed E-state index contributed by atoms with van der Waals surface area (Å²) >= 11 is 4.30. The number of benzene rings is 2. The molecule has 0 spiro atoms. The number of hydrogen-bond acceptors (Lipinski definition) is 5. The van der Waals surface area contributed by atoms with Gasteiger partial charge in [-0.3, -0.25) is 9.59 Å². The molecule has 0 fully saturated rings. The van der Waals surface area contributed by atoms with Crippen LogP contribution >= 0.6 is 12.6 Å². The Labute approximate surface area is 226 Å². The van der Waals surface area contributed by atoms with Gasteiger partial charge in [0.1, 0.15) is 17.7 Å². The number of nitrogens with one attached hydrogen (secondary N) is 2. The Hall–Kier alpha value is -3.26. The number of carbonyl (C=O) groups is 3. The molecule has 0 bridgehead atoms. The fourth-order valence-electron chi connectivity index (χ4n) is 3.91. The molecular weight excluding hydrogens is 486 g/mol. The number of para-hydroxylation sites is 1. The van der Waals surface area contributed by atoms with Crippen molar-refractivity contribution in [1.82, 2.24) is 10.2 Å². The van der Waals surface area contributed by atoms with E-state index in [0.29, 0.717) is 11.3 Å². The molecule has 2 atom stereocenters.